The van der Waals surface area contributed by atoms with E-state index in [0.717, 1.165) is 12.8 Å². The molecular weight excluding hydrogens is 302 g/mol. The Morgan fingerprint density at radius 2 is 1.75 bits per heavy atom. The summed E-state index contributed by atoms with van der Waals surface area (Å²) in [5.41, 5.74) is 6.89. The van der Waals surface area contributed by atoms with Gasteiger partial charge in [0.15, 0.2) is 0 Å². The molecule has 4 heteroatoms. The molecule has 1 rings (SSSR count). The highest BCUT2D eigenvalue weighted by Crippen LogP contribution is 2.23. The Bertz CT molecular complexity index is 473. The summed E-state index contributed by atoms with van der Waals surface area (Å²) in [5.74, 6) is 0.329. The van der Waals surface area contributed by atoms with Crippen LogP contribution in [0.3, 0.4) is 0 Å². The number of carbonyl (C=O) groups is 1. The third-order valence-corrected chi connectivity index (χ3v) is 4.09. The number of rotatable bonds is 10. The highest BCUT2D eigenvalue weighted by atomic mass is 16.6. The molecular formula is C20H33NO3. The van der Waals surface area contributed by atoms with Crippen LogP contribution >= 0.6 is 0 Å². The van der Waals surface area contributed by atoms with Crippen LogP contribution < -0.4 is 5.73 Å². The van der Waals surface area contributed by atoms with Crippen molar-refractivity contribution in [2.24, 2.45) is 17.6 Å². The summed E-state index contributed by atoms with van der Waals surface area (Å²) in [5, 5.41) is 0. The van der Waals surface area contributed by atoms with E-state index >= 15 is 0 Å². The molecule has 0 aliphatic carbocycles. The minimum atomic E-state index is -0.618. The average Bonchev–Trinajstić information content (AvgIpc) is 2.54. The lowest BCUT2D eigenvalue weighted by atomic mass is 9.89. The monoisotopic (exact) mass is 335 g/mol. The molecule has 0 fully saturated rings. The molecule has 0 aromatic heterocycles. The predicted molar refractivity (Wildman–Crippen MR) is 97.7 cm³/mol. The number of nitrogens with two attached hydrogens (primary N) is 1. The largest absolute Gasteiger partial charge is 0.459 e. The van der Waals surface area contributed by atoms with Gasteiger partial charge in [-0.1, -0.05) is 57.5 Å². The fraction of sp³-hybridized carbons (Fsp3) is 0.650. The van der Waals surface area contributed by atoms with Crippen LogP contribution in [0.15, 0.2) is 30.3 Å². The van der Waals surface area contributed by atoms with E-state index in [1.807, 2.05) is 25.1 Å². The smallest absolute Gasteiger partial charge is 0.322 e. The van der Waals surface area contributed by atoms with Gasteiger partial charge in [-0.3, -0.25) is 4.79 Å². The average molecular weight is 335 g/mol. The first-order valence-corrected chi connectivity index (χ1v) is 8.96. The third-order valence-electron chi connectivity index (χ3n) is 4.09. The molecule has 0 aliphatic rings. The van der Waals surface area contributed by atoms with Gasteiger partial charge in [-0.2, -0.15) is 0 Å². The third kappa shape index (κ3) is 7.02. The van der Waals surface area contributed by atoms with Crippen LogP contribution in [0.2, 0.25) is 0 Å². The van der Waals surface area contributed by atoms with Crippen LogP contribution in [0.1, 0.15) is 46.6 Å². The normalized spacial score (nSPS) is 16.5. The number of hydrogen-bond acceptors (Lipinski definition) is 4. The fourth-order valence-corrected chi connectivity index (χ4v) is 2.73. The predicted octanol–water partition coefficient (Wildman–Crippen LogP) is 3.58. The zero-order valence-corrected chi connectivity index (χ0v) is 15.7. The SMILES string of the molecule is CC[C@H](Cc1ccccc1)[C@@H](OCC(C)C)[C@H](C)OC(=O)C(C)N. The van der Waals surface area contributed by atoms with Gasteiger partial charge in [-0.05, 0) is 37.7 Å². The number of ether oxygens (including phenoxy) is 2. The van der Waals surface area contributed by atoms with E-state index in [1.54, 1.807) is 6.92 Å². The molecule has 1 aromatic carbocycles. The standard InChI is InChI=1S/C20H33NO3/c1-6-18(12-17-10-8-7-9-11-17)19(23-13-14(2)3)16(5)24-20(22)15(4)21/h7-11,14-16,18-19H,6,12-13,21H2,1-5H3/t15?,16-,18+,19-/m0/s1. The van der Waals surface area contributed by atoms with Crippen LogP contribution in [0.25, 0.3) is 0 Å². The Balaban J connectivity index is 2.85. The van der Waals surface area contributed by atoms with Crippen molar-refractivity contribution in [1.29, 1.82) is 0 Å². The Morgan fingerprint density at radius 1 is 1.12 bits per heavy atom. The number of carbonyl (C=O) groups excluding carboxylic acids is 1. The lowest BCUT2D eigenvalue weighted by molar-refractivity contribution is -0.161. The van der Waals surface area contributed by atoms with Crippen molar-refractivity contribution in [2.45, 2.75) is 65.7 Å². The quantitative estimate of drug-likeness (QED) is 0.664. The second kappa shape index (κ2) is 10.5. The Kier molecular flexibility index (Phi) is 9.01. The summed E-state index contributed by atoms with van der Waals surface area (Å²) >= 11 is 0. The van der Waals surface area contributed by atoms with Crippen LogP contribution in [0, 0.1) is 11.8 Å². The van der Waals surface area contributed by atoms with Crippen molar-refractivity contribution < 1.29 is 14.3 Å². The molecule has 0 amide bonds. The maximum absolute atomic E-state index is 11.9. The molecule has 2 N–H and O–H groups in total. The lowest BCUT2D eigenvalue weighted by Gasteiger charge is -2.32. The van der Waals surface area contributed by atoms with Crippen LogP contribution in [-0.4, -0.2) is 30.8 Å². The van der Waals surface area contributed by atoms with Gasteiger partial charge in [0.25, 0.3) is 0 Å². The Labute approximate surface area is 146 Å². The molecule has 0 aliphatic heterocycles. The Morgan fingerprint density at radius 3 is 2.25 bits per heavy atom. The summed E-state index contributed by atoms with van der Waals surface area (Å²) < 4.78 is 11.7. The first kappa shape index (κ1) is 20.7. The fourth-order valence-electron chi connectivity index (χ4n) is 2.73. The van der Waals surface area contributed by atoms with Gasteiger partial charge >= 0.3 is 5.97 Å². The first-order valence-electron chi connectivity index (χ1n) is 8.96. The van der Waals surface area contributed by atoms with Crippen molar-refractivity contribution in [2.75, 3.05) is 6.61 Å². The van der Waals surface area contributed by atoms with E-state index in [2.05, 4.69) is 32.9 Å². The molecule has 0 spiro atoms. The van der Waals surface area contributed by atoms with Gasteiger partial charge < -0.3 is 15.2 Å². The molecule has 1 aromatic rings. The molecule has 0 saturated carbocycles. The first-order chi connectivity index (χ1) is 11.3. The molecule has 4 nitrogen and oxygen atoms in total. The minimum absolute atomic E-state index is 0.139. The number of benzene rings is 1. The lowest BCUT2D eigenvalue weighted by Crippen LogP contribution is -2.41. The molecule has 0 bridgehead atoms. The van der Waals surface area contributed by atoms with E-state index in [0.29, 0.717) is 12.5 Å². The van der Waals surface area contributed by atoms with E-state index in [4.69, 9.17) is 15.2 Å². The van der Waals surface area contributed by atoms with Gasteiger partial charge in [-0.15, -0.1) is 0 Å². The zero-order valence-electron chi connectivity index (χ0n) is 15.7. The molecule has 4 atom stereocenters. The van der Waals surface area contributed by atoms with Crippen molar-refractivity contribution >= 4 is 5.97 Å². The molecule has 24 heavy (non-hydrogen) atoms. The summed E-state index contributed by atoms with van der Waals surface area (Å²) in [7, 11) is 0. The molecule has 0 saturated heterocycles. The van der Waals surface area contributed by atoms with Gasteiger partial charge in [0.1, 0.15) is 12.1 Å². The van der Waals surface area contributed by atoms with E-state index in [-0.39, 0.29) is 24.1 Å². The molecule has 0 radical (unpaired) electrons. The highest BCUT2D eigenvalue weighted by molar-refractivity contribution is 5.75. The summed E-state index contributed by atoms with van der Waals surface area (Å²) in [6.07, 6.45) is 1.40. The minimum Gasteiger partial charge on any atom is -0.459 e. The summed E-state index contributed by atoms with van der Waals surface area (Å²) in [6, 6.07) is 9.75. The van der Waals surface area contributed by atoms with Gasteiger partial charge in [-0.25, -0.2) is 0 Å². The molecule has 1 unspecified atom stereocenters. The van der Waals surface area contributed by atoms with Crippen LogP contribution in [0.5, 0.6) is 0 Å². The zero-order chi connectivity index (χ0) is 18.1. The summed E-state index contributed by atoms with van der Waals surface area (Å²) in [4.78, 5) is 11.9. The van der Waals surface area contributed by atoms with Crippen molar-refractivity contribution in [3.63, 3.8) is 0 Å². The van der Waals surface area contributed by atoms with E-state index in [1.165, 1.54) is 5.56 Å². The topological polar surface area (TPSA) is 61.5 Å². The van der Waals surface area contributed by atoms with Crippen molar-refractivity contribution in [3.8, 4) is 0 Å². The summed E-state index contributed by atoms with van der Waals surface area (Å²) in [6.45, 7) is 10.6. The van der Waals surface area contributed by atoms with Crippen molar-refractivity contribution in [3.05, 3.63) is 35.9 Å². The maximum atomic E-state index is 11.9. The second-order valence-electron chi connectivity index (χ2n) is 6.98. The highest BCUT2D eigenvalue weighted by Gasteiger charge is 2.30. The van der Waals surface area contributed by atoms with E-state index < -0.39 is 6.04 Å². The van der Waals surface area contributed by atoms with Gasteiger partial charge in [0, 0.05) is 6.61 Å². The Hall–Kier alpha value is -1.39. The van der Waals surface area contributed by atoms with Crippen LogP contribution in [0.4, 0.5) is 0 Å². The number of hydrogen-bond donors (Lipinski definition) is 1. The van der Waals surface area contributed by atoms with Crippen molar-refractivity contribution in [1.82, 2.24) is 0 Å². The number of esters is 1. The second-order valence-corrected chi connectivity index (χ2v) is 6.98. The molecule has 136 valence electrons. The van der Waals surface area contributed by atoms with Gasteiger partial charge in [0.2, 0.25) is 0 Å². The molecule has 0 heterocycles. The van der Waals surface area contributed by atoms with Crippen LogP contribution in [-0.2, 0) is 20.7 Å². The van der Waals surface area contributed by atoms with E-state index in [9.17, 15) is 4.79 Å². The van der Waals surface area contributed by atoms with Gasteiger partial charge in [0.05, 0.1) is 6.10 Å². The maximum Gasteiger partial charge on any atom is 0.322 e.